The van der Waals surface area contributed by atoms with Crippen LogP contribution in [0.15, 0.2) is 85.1 Å². The number of benzene rings is 3. The largest absolute Gasteiger partial charge is 0.508 e. The third-order valence-electron chi connectivity index (χ3n) is 9.93. The van der Waals surface area contributed by atoms with Gasteiger partial charge in [0.05, 0.1) is 6.04 Å². The monoisotopic (exact) mass is 678 g/mol. The van der Waals surface area contributed by atoms with Crippen molar-refractivity contribution in [3.63, 3.8) is 0 Å². The number of hydrogen-bond donors (Lipinski definition) is 4. The van der Waals surface area contributed by atoms with Gasteiger partial charge in [0, 0.05) is 56.1 Å². The van der Waals surface area contributed by atoms with Crippen molar-refractivity contribution in [2.24, 2.45) is 11.7 Å². The van der Waals surface area contributed by atoms with Gasteiger partial charge in [0.1, 0.15) is 23.9 Å². The summed E-state index contributed by atoms with van der Waals surface area (Å²) in [6.07, 6.45) is 3.22. The van der Waals surface area contributed by atoms with E-state index in [-0.39, 0.29) is 55.3 Å². The third-order valence-corrected chi connectivity index (χ3v) is 9.93. The topological polar surface area (TPSA) is 152 Å². The number of fused-ring (bicyclic) bond motifs is 1. The molecule has 0 bridgehead atoms. The second-order valence-corrected chi connectivity index (χ2v) is 13.8. The Hall–Kier alpha value is -5.16. The lowest BCUT2D eigenvalue weighted by molar-refractivity contribution is -0.160. The number of aromatic hydroxyl groups is 1. The van der Waals surface area contributed by atoms with Crippen molar-refractivity contribution in [1.29, 1.82) is 0 Å². The van der Waals surface area contributed by atoms with E-state index in [1.807, 2.05) is 74.6 Å². The molecule has 3 aromatic carbocycles. The molecular weight excluding hydrogens is 632 g/mol. The first-order valence-electron chi connectivity index (χ1n) is 17.4. The average Bonchev–Trinajstić information content (AvgIpc) is 3.52. The number of hydrogen-bond acceptors (Lipinski definition) is 6. The molecule has 4 unspecified atom stereocenters. The highest BCUT2D eigenvalue weighted by molar-refractivity contribution is 5.96. The Balaban J connectivity index is 1.35. The van der Waals surface area contributed by atoms with Crippen molar-refractivity contribution in [2.45, 2.75) is 63.7 Å². The Morgan fingerprint density at radius 2 is 1.52 bits per heavy atom. The zero-order valence-electron chi connectivity index (χ0n) is 28.6. The molecule has 2 aliphatic heterocycles. The summed E-state index contributed by atoms with van der Waals surface area (Å²) in [4.78, 5) is 64.6. The Bertz CT molecular complexity index is 1820. The van der Waals surface area contributed by atoms with E-state index in [9.17, 15) is 19.5 Å². The highest BCUT2D eigenvalue weighted by atomic mass is 16.3. The molecule has 4 atom stereocenters. The van der Waals surface area contributed by atoms with Crippen LogP contribution >= 0.6 is 0 Å². The first kappa shape index (κ1) is 34.7. The number of para-hydroxylation sites is 1. The zero-order chi connectivity index (χ0) is 35.4. The van der Waals surface area contributed by atoms with E-state index < -0.39 is 30.1 Å². The normalized spacial score (nSPS) is 19.6. The van der Waals surface area contributed by atoms with E-state index in [0.717, 1.165) is 27.6 Å². The van der Waals surface area contributed by atoms with Crippen LogP contribution in [0.3, 0.4) is 0 Å². The number of aromatic amines is 1. The Morgan fingerprint density at radius 3 is 2.24 bits per heavy atom. The number of nitrogens with zero attached hydrogens (tertiary/aromatic N) is 3. The summed E-state index contributed by atoms with van der Waals surface area (Å²) >= 11 is 0. The highest BCUT2D eigenvalue weighted by Crippen LogP contribution is 2.27. The molecule has 3 heterocycles. The van der Waals surface area contributed by atoms with E-state index in [0.29, 0.717) is 25.9 Å². The molecule has 4 aromatic rings. The molecule has 11 nitrogen and oxygen atoms in total. The Kier molecular flexibility index (Phi) is 10.5. The number of H-pyrrole nitrogens is 1. The Morgan fingerprint density at radius 1 is 0.840 bits per heavy atom. The standard InChI is InChI=1S/C39H46N6O5/c1-25(2)20-33(36(40)47)44-18-19-45(34(38(44)49)22-26-8-4-3-5-9-26)39(50)35(23-28-24-42-31-11-7-6-10-30(28)31)43-17-16-41-32(37(43)48)21-27-12-14-29(46)15-13-27/h3-15,24-25,32-35,41-42,46H,16-23H2,1-2H3,(H2,40,47). The van der Waals surface area contributed by atoms with Crippen LogP contribution in [0, 0.1) is 5.92 Å². The molecule has 0 radical (unpaired) electrons. The minimum atomic E-state index is -0.885. The maximum absolute atomic E-state index is 15.1. The van der Waals surface area contributed by atoms with Crippen molar-refractivity contribution in [3.05, 3.63) is 102 Å². The fraction of sp³-hybridized carbons (Fsp3) is 0.385. The van der Waals surface area contributed by atoms with Crippen LogP contribution in [0.5, 0.6) is 5.75 Å². The van der Waals surface area contributed by atoms with E-state index in [1.54, 1.807) is 39.0 Å². The number of amides is 4. The number of phenolic OH excluding ortho intramolecular Hbond substituents is 1. The number of rotatable bonds is 12. The number of nitrogens with two attached hydrogens (primary N) is 1. The van der Waals surface area contributed by atoms with Gasteiger partial charge in [-0.25, -0.2) is 0 Å². The van der Waals surface area contributed by atoms with Crippen LogP contribution < -0.4 is 11.1 Å². The molecule has 4 amide bonds. The second kappa shape index (κ2) is 15.2. The molecule has 2 aliphatic rings. The summed E-state index contributed by atoms with van der Waals surface area (Å²) in [7, 11) is 0. The van der Waals surface area contributed by atoms with E-state index in [4.69, 9.17) is 5.73 Å². The number of phenols is 1. The lowest BCUT2D eigenvalue weighted by Gasteiger charge is -2.46. The average molecular weight is 679 g/mol. The number of nitrogens with one attached hydrogen (secondary N) is 2. The van der Waals surface area contributed by atoms with Gasteiger partial charge in [-0.15, -0.1) is 0 Å². The van der Waals surface area contributed by atoms with Crippen molar-refractivity contribution in [2.75, 3.05) is 26.2 Å². The second-order valence-electron chi connectivity index (χ2n) is 13.8. The van der Waals surface area contributed by atoms with Crippen molar-refractivity contribution in [1.82, 2.24) is 25.0 Å². The fourth-order valence-corrected chi connectivity index (χ4v) is 7.38. The fourth-order valence-electron chi connectivity index (χ4n) is 7.38. The molecule has 11 heteroatoms. The molecule has 5 N–H and O–H groups in total. The van der Waals surface area contributed by atoms with Gasteiger partial charge in [0.2, 0.25) is 23.6 Å². The number of carbonyl (C=O) groups is 4. The van der Waals surface area contributed by atoms with Gasteiger partial charge in [0.15, 0.2) is 0 Å². The van der Waals surface area contributed by atoms with E-state index >= 15 is 4.79 Å². The molecule has 0 saturated carbocycles. The molecule has 1 aromatic heterocycles. The van der Waals surface area contributed by atoms with Crippen molar-refractivity contribution < 1.29 is 24.3 Å². The van der Waals surface area contributed by atoms with Crippen molar-refractivity contribution >= 4 is 34.5 Å². The first-order valence-corrected chi connectivity index (χ1v) is 17.4. The van der Waals surface area contributed by atoms with E-state index in [2.05, 4.69) is 10.3 Å². The van der Waals surface area contributed by atoms with Gasteiger partial charge in [-0.2, -0.15) is 0 Å². The highest BCUT2D eigenvalue weighted by Gasteiger charge is 2.46. The zero-order valence-corrected chi connectivity index (χ0v) is 28.6. The molecule has 6 rings (SSSR count). The summed E-state index contributed by atoms with van der Waals surface area (Å²) in [5, 5.41) is 14.1. The maximum Gasteiger partial charge on any atom is 0.246 e. The number of piperazine rings is 2. The first-order chi connectivity index (χ1) is 24.1. The van der Waals surface area contributed by atoms with Gasteiger partial charge >= 0.3 is 0 Å². The lowest BCUT2D eigenvalue weighted by atomic mass is 9.94. The third kappa shape index (κ3) is 7.52. The summed E-state index contributed by atoms with van der Waals surface area (Å²) in [5.41, 5.74) is 9.44. The molecule has 262 valence electrons. The number of primary amides is 1. The SMILES string of the molecule is CC(C)CC(C(N)=O)N1CCN(C(=O)C(Cc2c[nH]c3ccccc23)N2CCNC(Cc3ccc(O)cc3)C2=O)C(Cc2ccccc2)C1=O. The van der Waals surface area contributed by atoms with Crippen LogP contribution in [0.2, 0.25) is 0 Å². The van der Waals surface area contributed by atoms with Gasteiger partial charge < -0.3 is 35.8 Å². The summed E-state index contributed by atoms with van der Waals surface area (Å²) in [5.74, 6) is -1.11. The summed E-state index contributed by atoms with van der Waals surface area (Å²) in [6.45, 7) is 5.13. The molecule has 0 spiro atoms. The van der Waals surface area contributed by atoms with Gasteiger partial charge in [-0.05, 0) is 53.6 Å². The van der Waals surface area contributed by atoms with E-state index in [1.165, 1.54) is 0 Å². The predicted octanol–water partition coefficient (Wildman–Crippen LogP) is 3.01. The minimum absolute atomic E-state index is 0.126. The van der Waals surface area contributed by atoms with Gasteiger partial charge in [-0.3, -0.25) is 19.2 Å². The molecule has 0 aliphatic carbocycles. The van der Waals surface area contributed by atoms with Crippen LogP contribution in [0.1, 0.15) is 37.0 Å². The Labute approximate surface area is 292 Å². The lowest BCUT2D eigenvalue weighted by Crippen LogP contribution is -2.67. The van der Waals surface area contributed by atoms with Crippen LogP contribution in [0.4, 0.5) is 0 Å². The molecule has 2 fully saturated rings. The quantitative estimate of drug-likeness (QED) is 0.181. The van der Waals surface area contributed by atoms with Crippen LogP contribution in [0.25, 0.3) is 10.9 Å². The number of aromatic nitrogens is 1. The van der Waals surface area contributed by atoms with Gasteiger partial charge in [0.25, 0.3) is 0 Å². The maximum atomic E-state index is 15.1. The van der Waals surface area contributed by atoms with Crippen LogP contribution in [-0.2, 0) is 38.4 Å². The number of carbonyl (C=O) groups excluding carboxylic acids is 4. The summed E-state index contributed by atoms with van der Waals surface area (Å²) in [6, 6.07) is 21.0. The predicted molar refractivity (Wildman–Crippen MR) is 191 cm³/mol. The smallest absolute Gasteiger partial charge is 0.246 e. The summed E-state index contributed by atoms with van der Waals surface area (Å²) < 4.78 is 0. The van der Waals surface area contributed by atoms with Crippen LogP contribution in [-0.4, -0.2) is 98.8 Å². The molecule has 50 heavy (non-hydrogen) atoms. The van der Waals surface area contributed by atoms with Gasteiger partial charge in [-0.1, -0.05) is 74.5 Å². The molecular formula is C39H46N6O5. The van der Waals surface area contributed by atoms with Crippen molar-refractivity contribution in [3.8, 4) is 5.75 Å². The molecule has 2 saturated heterocycles. The minimum Gasteiger partial charge on any atom is -0.508 e.